The molecule has 1 aliphatic rings. The first-order valence-corrected chi connectivity index (χ1v) is 6.07. The first kappa shape index (κ1) is 18.0. The van der Waals surface area contributed by atoms with Gasteiger partial charge in [0, 0.05) is 0 Å². The van der Waals surface area contributed by atoms with Gasteiger partial charge in [0.2, 0.25) is 0 Å². The molecule has 0 spiro atoms. The Morgan fingerprint density at radius 1 is 1.44 bits per heavy atom. The number of benzene rings is 1. The molecule has 1 aromatic rings. The van der Waals surface area contributed by atoms with Crippen LogP contribution in [0.25, 0.3) is 0 Å². The van der Waals surface area contributed by atoms with Crippen LogP contribution in [0.15, 0.2) is 29.8 Å². The van der Waals surface area contributed by atoms with Crippen molar-refractivity contribution in [2.24, 2.45) is 0 Å². The summed E-state index contributed by atoms with van der Waals surface area (Å²) in [5.41, 5.74) is 2.29. The van der Waals surface area contributed by atoms with E-state index in [0.717, 1.165) is 29.2 Å². The molecule has 2 N–H and O–H groups in total. The van der Waals surface area contributed by atoms with E-state index in [1.807, 2.05) is 24.3 Å². The molecule has 0 aliphatic carbocycles. The largest absolute Gasteiger partial charge is 1.00 e. The summed E-state index contributed by atoms with van der Waals surface area (Å²) in [7, 11) is 0. The molecule has 18 heavy (non-hydrogen) atoms. The van der Waals surface area contributed by atoms with Crippen molar-refractivity contribution in [2.45, 2.75) is 0 Å². The van der Waals surface area contributed by atoms with Gasteiger partial charge in [0.15, 0.2) is 0 Å². The Morgan fingerprint density at radius 2 is 2.11 bits per heavy atom. The molecule has 2 nitrogen and oxygen atoms in total. The van der Waals surface area contributed by atoms with Crippen molar-refractivity contribution in [1.29, 1.82) is 5.41 Å². The molecule has 0 unspecified atom stereocenters. The maximum absolute atomic E-state index is 7.26. The van der Waals surface area contributed by atoms with E-state index < -0.39 is 0 Å². The van der Waals surface area contributed by atoms with E-state index in [1.54, 1.807) is 0 Å². The summed E-state index contributed by atoms with van der Waals surface area (Å²) in [5, 5.41) is 11.0. The fourth-order valence-corrected chi connectivity index (χ4v) is 1.51. The van der Waals surface area contributed by atoms with Crippen LogP contribution in [-0.2, 0) is 0 Å². The predicted octanol–water partition coefficient (Wildman–Crippen LogP) is 0.104. The van der Waals surface area contributed by atoms with Crippen molar-refractivity contribution in [3.8, 4) is 0 Å². The Labute approximate surface area is 141 Å². The molecule has 1 aromatic carbocycles. The summed E-state index contributed by atoms with van der Waals surface area (Å²) in [6.45, 7) is 5.20. The molecule has 0 saturated heterocycles. The Bertz CT molecular complexity index is 398. The second-order valence-electron chi connectivity index (χ2n) is 3.46. The molecule has 0 amide bonds. The molecule has 0 radical (unpaired) electrons. The van der Waals surface area contributed by atoms with Crippen LogP contribution in [0.4, 0.5) is 0 Å². The van der Waals surface area contributed by atoms with E-state index in [0.29, 0.717) is 11.6 Å². The SMILES string of the molecule is N=C(CCl)C1=[C-]CNC1.[CH2-]c1ccccc1Cl.[Na+]. The summed E-state index contributed by atoms with van der Waals surface area (Å²) in [6.07, 6.45) is 3.00. The fraction of sp³-hybridized carbons (Fsp3) is 0.231. The van der Waals surface area contributed by atoms with Gasteiger partial charge >= 0.3 is 29.6 Å². The van der Waals surface area contributed by atoms with Crippen LogP contribution in [0.2, 0.25) is 5.02 Å². The average molecular weight is 292 g/mol. The minimum atomic E-state index is 0. The molecule has 2 rings (SSSR count). The molecule has 0 bridgehead atoms. The molecule has 0 aromatic heterocycles. The second kappa shape index (κ2) is 9.90. The maximum Gasteiger partial charge on any atom is 1.00 e. The predicted molar refractivity (Wildman–Crippen MR) is 74.0 cm³/mol. The normalized spacial score (nSPS) is 12.9. The van der Waals surface area contributed by atoms with Crippen LogP contribution in [-0.4, -0.2) is 24.7 Å². The number of halogens is 2. The smallest absolute Gasteiger partial charge is 0.398 e. The van der Waals surface area contributed by atoms with Gasteiger partial charge in [-0.25, -0.2) is 0 Å². The van der Waals surface area contributed by atoms with E-state index in [4.69, 9.17) is 28.6 Å². The van der Waals surface area contributed by atoms with Crippen molar-refractivity contribution in [3.63, 3.8) is 0 Å². The standard InChI is InChI=1S/C7H6Cl.C6H8ClN2.Na/c1-6-4-2-3-5-7(6)8;7-3-6(8)5-1-2-9-4-5;/h2-5H,1H2;8-9H,2-4H2;/q2*-1;+1. The first-order chi connectivity index (χ1) is 8.15. The molecule has 5 heteroatoms. The third kappa shape index (κ3) is 6.28. The third-order valence-electron chi connectivity index (χ3n) is 2.18. The van der Waals surface area contributed by atoms with E-state index in [9.17, 15) is 0 Å². The van der Waals surface area contributed by atoms with Gasteiger partial charge in [-0.05, 0) is 12.4 Å². The van der Waals surface area contributed by atoms with Crippen molar-refractivity contribution in [2.75, 3.05) is 19.0 Å². The molecule has 0 fully saturated rings. The summed E-state index contributed by atoms with van der Waals surface area (Å²) in [5.74, 6) is 0.296. The Kier molecular flexibility index (Phi) is 9.93. The third-order valence-corrected chi connectivity index (χ3v) is 2.82. The average Bonchev–Trinajstić information content (AvgIpc) is 2.86. The van der Waals surface area contributed by atoms with Crippen LogP contribution >= 0.6 is 23.2 Å². The number of hydrogen-bond donors (Lipinski definition) is 2. The summed E-state index contributed by atoms with van der Waals surface area (Å²) >= 11 is 11.1. The zero-order chi connectivity index (χ0) is 12.7. The number of nitrogens with one attached hydrogen (secondary N) is 2. The number of alkyl halides is 1. The van der Waals surface area contributed by atoms with Crippen LogP contribution in [0, 0.1) is 18.4 Å². The molecule has 0 atom stereocenters. The van der Waals surface area contributed by atoms with Gasteiger partial charge in [0.1, 0.15) is 0 Å². The van der Waals surface area contributed by atoms with Gasteiger partial charge in [0.05, 0.1) is 0 Å². The Hall–Kier alpha value is 0.0400. The van der Waals surface area contributed by atoms with Crippen LogP contribution in [0.1, 0.15) is 5.56 Å². The van der Waals surface area contributed by atoms with E-state index >= 15 is 0 Å². The molecular formula is C13H14Cl2N2Na-. The zero-order valence-corrected chi connectivity index (χ0v) is 13.9. The number of rotatable bonds is 2. The van der Waals surface area contributed by atoms with Crippen molar-refractivity contribution >= 4 is 28.9 Å². The maximum atomic E-state index is 7.26. The zero-order valence-electron chi connectivity index (χ0n) is 10.4. The molecule has 1 aliphatic heterocycles. The van der Waals surface area contributed by atoms with Gasteiger partial charge in [0.25, 0.3) is 0 Å². The van der Waals surface area contributed by atoms with Gasteiger partial charge in [-0.1, -0.05) is 23.3 Å². The Morgan fingerprint density at radius 3 is 2.50 bits per heavy atom. The summed E-state index contributed by atoms with van der Waals surface area (Å²) in [4.78, 5) is 0. The van der Waals surface area contributed by atoms with Crippen LogP contribution < -0.4 is 34.9 Å². The molecule has 92 valence electrons. The fourth-order valence-electron chi connectivity index (χ4n) is 1.21. The van der Waals surface area contributed by atoms with Gasteiger partial charge in [-0.3, -0.25) is 6.08 Å². The van der Waals surface area contributed by atoms with Crippen molar-refractivity contribution in [1.82, 2.24) is 5.32 Å². The second-order valence-corrected chi connectivity index (χ2v) is 4.14. The molecule has 1 heterocycles. The van der Waals surface area contributed by atoms with E-state index in [1.165, 1.54) is 0 Å². The van der Waals surface area contributed by atoms with Gasteiger partial charge in [-0.15, -0.1) is 23.7 Å². The van der Waals surface area contributed by atoms with Crippen LogP contribution in [0.3, 0.4) is 0 Å². The van der Waals surface area contributed by atoms with E-state index in [-0.39, 0.29) is 29.6 Å². The van der Waals surface area contributed by atoms with Gasteiger partial charge < -0.3 is 10.7 Å². The van der Waals surface area contributed by atoms with Gasteiger partial charge in [-0.2, -0.15) is 35.7 Å². The quantitative estimate of drug-likeness (QED) is 0.345. The van der Waals surface area contributed by atoms with Crippen LogP contribution in [0.5, 0.6) is 0 Å². The summed E-state index contributed by atoms with van der Waals surface area (Å²) in [6, 6.07) is 7.50. The molecular weight excluding hydrogens is 278 g/mol. The topological polar surface area (TPSA) is 35.9 Å². The summed E-state index contributed by atoms with van der Waals surface area (Å²) < 4.78 is 0. The molecule has 0 saturated carbocycles. The van der Waals surface area contributed by atoms with Crippen molar-refractivity contribution < 1.29 is 29.6 Å². The first-order valence-electron chi connectivity index (χ1n) is 5.15. The number of hydrogen-bond acceptors (Lipinski definition) is 2. The minimum absolute atomic E-state index is 0. The minimum Gasteiger partial charge on any atom is -0.398 e. The van der Waals surface area contributed by atoms with E-state index in [2.05, 4.69) is 18.3 Å². The Balaban J connectivity index is 0.000000306. The van der Waals surface area contributed by atoms with Crippen molar-refractivity contribution in [3.05, 3.63) is 53.4 Å². The monoisotopic (exact) mass is 291 g/mol.